The maximum atomic E-state index is 12.4. The van der Waals surface area contributed by atoms with Crippen LogP contribution in [-0.2, 0) is 6.54 Å². The van der Waals surface area contributed by atoms with Crippen LogP contribution in [0.1, 0.15) is 23.2 Å². The number of carbonyl (C=O) groups is 1. The lowest BCUT2D eigenvalue weighted by molar-refractivity contribution is 0.0938. The third-order valence-corrected chi connectivity index (χ3v) is 4.57. The molecule has 152 valence electrons. The zero-order valence-electron chi connectivity index (χ0n) is 16.1. The monoisotopic (exact) mass is 423 g/mol. The summed E-state index contributed by atoms with van der Waals surface area (Å²) in [5.74, 6) is 1.40. The summed E-state index contributed by atoms with van der Waals surface area (Å²) in [6.45, 7) is 2.69. The fourth-order valence-electron chi connectivity index (χ4n) is 2.81. The van der Waals surface area contributed by atoms with Gasteiger partial charge in [0.15, 0.2) is 17.2 Å². The van der Waals surface area contributed by atoms with Gasteiger partial charge in [-0.25, -0.2) is 0 Å². The zero-order chi connectivity index (χ0) is 20.9. The Hall–Kier alpha value is -3.58. The predicted molar refractivity (Wildman–Crippen MR) is 111 cm³/mol. The average molecular weight is 424 g/mol. The molecule has 0 spiro atoms. The molecule has 8 heteroatoms. The molecule has 7 nitrogen and oxygen atoms in total. The van der Waals surface area contributed by atoms with Crippen molar-refractivity contribution < 1.29 is 18.6 Å². The van der Waals surface area contributed by atoms with E-state index in [4.69, 9.17) is 25.4 Å². The van der Waals surface area contributed by atoms with Crippen molar-refractivity contribution in [2.24, 2.45) is 0 Å². The summed E-state index contributed by atoms with van der Waals surface area (Å²) in [6.07, 6.45) is 0. The Morgan fingerprint density at radius 2 is 1.73 bits per heavy atom. The third kappa shape index (κ3) is 4.52. The number of carbonyl (C=O) groups excluding carboxylic acids is 1. The van der Waals surface area contributed by atoms with E-state index < -0.39 is 0 Å². The number of nitrogens with one attached hydrogen (secondary N) is 1. The second kappa shape index (κ2) is 8.84. The first kappa shape index (κ1) is 19.7. The first-order valence-electron chi connectivity index (χ1n) is 9.32. The van der Waals surface area contributed by atoms with Crippen molar-refractivity contribution in [3.8, 4) is 28.3 Å². The fraction of sp³-hybridized carbons (Fsp3) is 0.136. The molecule has 0 saturated carbocycles. The van der Waals surface area contributed by atoms with Gasteiger partial charge in [0, 0.05) is 28.3 Å². The molecule has 0 saturated heterocycles. The van der Waals surface area contributed by atoms with Crippen molar-refractivity contribution >= 4 is 17.5 Å². The highest BCUT2D eigenvalue weighted by Crippen LogP contribution is 2.24. The maximum Gasteiger partial charge on any atom is 0.273 e. The van der Waals surface area contributed by atoms with Gasteiger partial charge in [-0.15, -0.1) is 0 Å². The minimum absolute atomic E-state index is 0.171. The lowest BCUT2D eigenvalue weighted by atomic mass is 10.1. The van der Waals surface area contributed by atoms with Crippen molar-refractivity contribution in [3.05, 3.63) is 77.1 Å². The van der Waals surface area contributed by atoms with Crippen LogP contribution in [0.2, 0.25) is 5.02 Å². The number of ether oxygens (including phenoxy) is 1. The molecule has 0 aliphatic heterocycles. The molecule has 2 aromatic heterocycles. The van der Waals surface area contributed by atoms with Gasteiger partial charge >= 0.3 is 0 Å². The first-order valence-corrected chi connectivity index (χ1v) is 9.70. The molecular weight excluding hydrogens is 406 g/mol. The Labute approximate surface area is 177 Å². The van der Waals surface area contributed by atoms with Crippen LogP contribution in [0.5, 0.6) is 5.75 Å². The highest BCUT2D eigenvalue weighted by Gasteiger charge is 2.15. The normalized spacial score (nSPS) is 10.7. The van der Waals surface area contributed by atoms with Crippen molar-refractivity contribution in [3.63, 3.8) is 0 Å². The van der Waals surface area contributed by atoms with Crippen LogP contribution in [0.25, 0.3) is 22.6 Å². The number of hydrogen-bond donors (Lipinski definition) is 1. The standard InChI is InChI=1S/C22H18ClN3O4/c1-2-28-17-9-5-15(6-10-17)21-12-20(26-30-21)22(27)24-13-18-11-19(25-29-18)14-3-7-16(23)8-4-14/h3-12H,2,13H2,1H3,(H,24,27). The zero-order valence-corrected chi connectivity index (χ0v) is 16.8. The summed E-state index contributed by atoms with van der Waals surface area (Å²) in [7, 11) is 0. The molecule has 0 atom stereocenters. The van der Waals surface area contributed by atoms with E-state index in [0.717, 1.165) is 16.9 Å². The van der Waals surface area contributed by atoms with Gasteiger partial charge in [-0.1, -0.05) is 34.0 Å². The molecule has 4 aromatic rings. The molecule has 0 bridgehead atoms. The number of aromatic nitrogens is 2. The van der Waals surface area contributed by atoms with Crippen molar-refractivity contribution in [1.29, 1.82) is 0 Å². The molecule has 30 heavy (non-hydrogen) atoms. The molecule has 0 fully saturated rings. The van der Waals surface area contributed by atoms with Crippen LogP contribution in [-0.4, -0.2) is 22.8 Å². The van der Waals surface area contributed by atoms with E-state index >= 15 is 0 Å². The number of rotatable bonds is 7. The summed E-state index contributed by atoms with van der Waals surface area (Å²) >= 11 is 5.90. The molecule has 0 unspecified atom stereocenters. The number of nitrogens with zero attached hydrogens (tertiary/aromatic N) is 2. The molecule has 0 aliphatic rings. The molecule has 2 heterocycles. The largest absolute Gasteiger partial charge is 0.494 e. The topological polar surface area (TPSA) is 90.4 Å². The molecule has 0 aliphatic carbocycles. The lowest BCUT2D eigenvalue weighted by Crippen LogP contribution is -2.22. The van der Waals surface area contributed by atoms with E-state index in [1.165, 1.54) is 0 Å². The Kier molecular flexibility index (Phi) is 5.81. The fourth-order valence-corrected chi connectivity index (χ4v) is 2.94. The van der Waals surface area contributed by atoms with Gasteiger partial charge in [-0.3, -0.25) is 4.79 Å². The highest BCUT2D eigenvalue weighted by atomic mass is 35.5. The third-order valence-electron chi connectivity index (χ3n) is 4.31. The second-order valence-corrected chi connectivity index (χ2v) is 6.84. The lowest BCUT2D eigenvalue weighted by Gasteiger charge is -2.02. The summed E-state index contributed by atoms with van der Waals surface area (Å²) in [5, 5.41) is 11.3. The molecule has 4 rings (SSSR count). The molecular formula is C22H18ClN3O4. The van der Waals surface area contributed by atoms with Gasteiger partial charge in [0.05, 0.1) is 13.2 Å². The summed E-state index contributed by atoms with van der Waals surface area (Å²) < 4.78 is 16.0. The van der Waals surface area contributed by atoms with E-state index in [-0.39, 0.29) is 18.1 Å². The van der Waals surface area contributed by atoms with E-state index in [9.17, 15) is 4.79 Å². The van der Waals surface area contributed by atoms with Crippen LogP contribution in [0, 0.1) is 0 Å². The summed E-state index contributed by atoms with van der Waals surface area (Å²) in [5.41, 5.74) is 2.51. The minimum Gasteiger partial charge on any atom is -0.494 e. The average Bonchev–Trinajstić information content (AvgIpc) is 3.44. The van der Waals surface area contributed by atoms with Gasteiger partial charge in [-0.2, -0.15) is 0 Å². The Balaban J connectivity index is 1.37. The van der Waals surface area contributed by atoms with Gasteiger partial charge in [0.2, 0.25) is 0 Å². The number of hydrogen-bond acceptors (Lipinski definition) is 6. The Morgan fingerprint density at radius 3 is 2.47 bits per heavy atom. The van der Waals surface area contributed by atoms with E-state index in [2.05, 4.69) is 15.6 Å². The summed E-state index contributed by atoms with van der Waals surface area (Å²) in [6, 6.07) is 18.0. The van der Waals surface area contributed by atoms with Crippen LogP contribution in [0.3, 0.4) is 0 Å². The van der Waals surface area contributed by atoms with E-state index in [0.29, 0.717) is 28.8 Å². The number of benzene rings is 2. The molecule has 0 radical (unpaired) electrons. The predicted octanol–water partition coefficient (Wildman–Crippen LogP) is 4.98. The van der Waals surface area contributed by atoms with Crippen molar-refractivity contribution in [2.45, 2.75) is 13.5 Å². The van der Waals surface area contributed by atoms with Gasteiger partial charge < -0.3 is 19.1 Å². The maximum absolute atomic E-state index is 12.4. The van der Waals surface area contributed by atoms with Crippen molar-refractivity contribution in [1.82, 2.24) is 15.6 Å². The Bertz CT molecular complexity index is 1130. The smallest absolute Gasteiger partial charge is 0.273 e. The SMILES string of the molecule is CCOc1ccc(-c2cc(C(=O)NCc3cc(-c4ccc(Cl)cc4)no3)no2)cc1. The van der Waals surface area contributed by atoms with Crippen LogP contribution in [0.4, 0.5) is 0 Å². The van der Waals surface area contributed by atoms with Crippen LogP contribution < -0.4 is 10.1 Å². The number of amides is 1. The first-order chi connectivity index (χ1) is 14.6. The number of halogens is 1. The van der Waals surface area contributed by atoms with Crippen LogP contribution in [0.15, 0.2) is 69.7 Å². The minimum atomic E-state index is -0.375. The van der Waals surface area contributed by atoms with Crippen LogP contribution >= 0.6 is 11.6 Å². The Morgan fingerprint density at radius 1 is 1.00 bits per heavy atom. The molecule has 2 aromatic carbocycles. The van der Waals surface area contributed by atoms with Gasteiger partial charge in [-0.05, 0) is 43.3 Å². The highest BCUT2D eigenvalue weighted by molar-refractivity contribution is 6.30. The molecule has 1 amide bonds. The van der Waals surface area contributed by atoms with E-state index in [1.54, 1.807) is 24.3 Å². The van der Waals surface area contributed by atoms with Gasteiger partial charge in [0.1, 0.15) is 11.4 Å². The van der Waals surface area contributed by atoms with Gasteiger partial charge in [0.25, 0.3) is 5.91 Å². The quantitative estimate of drug-likeness (QED) is 0.451. The second-order valence-electron chi connectivity index (χ2n) is 6.40. The summed E-state index contributed by atoms with van der Waals surface area (Å²) in [4.78, 5) is 12.4. The molecule has 1 N–H and O–H groups in total. The van der Waals surface area contributed by atoms with E-state index in [1.807, 2.05) is 43.3 Å². The van der Waals surface area contributed by atoms with Crippen molar-refractivity contribution in [2.75, 3.05) is 6.61 Å².